The highest BCUT2D eigenvalue weighted by molar-refractivity contribution is 7.91. The van der Waals surface area contributed by atoms with E-state index in [-0.39, 0.29) is 36.1 Å². The number of rotatable bonds is 10. The first kappa shape index (κ1) is 28.0. The molecule has 8 heteroatoms. The molecule has 1 aliphatic rings. The van der Waals surface area contributed by atoms with Crippen LogP contribution in [0, 0.1) is 5.92 Å². The van der Waals surface area contributed by atoms with E-state index in [1.165, 1.54) is 6.07 Å². The number of benzene rings is 2. The number of sulfone groups is 1. The summed E-state index contributed by atoms with van der Waals surface area (Å²) >= 11 is 0. The van der Waals surface area contributed by atoms with Crippen LogP contribution < -0.4 is 10.1 Å². The number of amides is 1. The van der Waals surface area contributed by atoms with Gasteiger partial charge >= 0.3 is 6.09 Å². The second kappa shape index (κ2) is 12.6. The zero-order chi connectivity index (χ0) is 26.2. The Hall–Kier alpha value is -2.58. The average molecular weight is 518 g/mol. The lowest BCUT2D eigenvalue weighted by Gasteiger charge is -2.22. The molecule has 1 fully saturated rings. The molecular weight excluding hydrogens is 478 g/mol. The van der Waals surface area contributed by atoms with Crippen LogP contribution >= 0.6 is 0 Å². The molecule has 7 nitrogen and oxygen atoms in total. The normalized spacial score (nSPS) is 15.8. The number of nitrogens with one attached hydrogen (secondary N) is 1. The fourth-order valence-electron chi connectivity index (χ4n) is 4.34. The Labute approximate surface area is 215 Å². The van der Waals surface area contributed by atoms with Crippen LogP contribution in [0.3, 0.4) is 0 Å². The Balaban J connectivity index is 1.75. The molecule has 0 aliphatic heterocycles. The average Bonchev–Trinajstić information content (AvgIpc) is 2.82. The third-order valence-corrected chi connectivity index (χ3v) is 8.02. The second-order valence-electron chi connectivity index (χ2n) is 10.5. The summed E-state index contributed by atoms with van der Waals surface area (Å²) in [7, 11) is -3.56. The van der Waals surface area contributed by atoms with Gasteiger partial charge in [0, 0.05) is 6.54 Å². The minimum Gasteiger partial charge on any atom is -0.489 e. The van der Waals surface area contributed by atoms with E-state index in [0.717, 1.165) is 37.7 Å². The Morgan fingerprint density at radius 2 is 1.78 bits per heavy atom. The molecule has 1 aliphatic carbocycles. The van der Waals surface area contributed by atoms with Crippen LogP contribution in [0.25, 0.3) is 0 Å². The maximum Gasteiger partial charge on any atom is 0.407 e. The highest BCUT2D eigenvalue weighted by Gasteiger charge is 2.25. The largest absolute Gasteiger partial charge is 0.489 e. The van der Waals surface area contributed by atoms with Crippen LogP contribution in [0.4, 0.5) is 4.79 Å². The zero-order valence-electron chi connectivity index (χ0n) is 21.5. The first-order valence-electron chi connectivity index (χ1n) is 12.7. The molecule has 0 aromatic heterocycles. The smallest absolute Gasteiger partial charge is 0.407 e. The van der Waals surface area contributed by atoms with E-state index < -0.39 is 27.6 Å². The summed E-state index contributed by atoms with van der Waals surface area (Å²) < 4.78 is 37.8. The van der Waals surface area contributed by atoms with E-state index in [4.69, 9.17) is 9.47 Å². The van der Waals surface area contributed by atoms with Crippen LogP contribution in [0.1, 0.15) is 76.5 Å². The van der Waals surface area contributed by atoms with E-state index in [0.29, 0.717) is 11.3 Å². The summed E-state index contributed by atoms with van der Waals surface area (Å²) in [6.07, 6.45) is 3.79. The van der Waals surface area contributed by atoms with Gasteiger partial charge in [0.05, 0.1) is 16.8 Å². The van der Waals surface area contributed by atoms with Crippen molar-refractivity contribution in [3.63, 3.8) is 0 Å². The Morgan fingerprint density at radius 3 is 2.44 bits per heavy atom. The number of aliphatic hydroxyl groups excluding tert-OH is 1. The maximum absolute atomic E-state index is 13.3. The number of carbonyl (C=O) groups excluding carboxylic acids is 1. The van der Waals surface area contributed by atoms with Crippen molar-refractivity contribution >= 4 is 15.9 Å². The van der Waals surface area contributed by atoms with Gasteiger partial charge in [-0.25, -0.2) is 13.2 Å². The highest BCUT2D eigenvalue weighted by Crippen LogP contribution is 2.31. The van der Waals surface area contributed by atoms with Crippen molar-refractivity contribution in [2.75, 3.05) is 12.3 Å². The molecule has 3 rings (SSSR count). The first-order chi connectivity index (χ1) is 17.0. The molecule has 1 unspecified atom stereocenters. The van der Waals surface area contributed by atoms with E-state index in [1.807, 2.05) is 30.3 Å². The number of alkyl carbamates (subject to hydrolysis) is 1. The lowest BCUT2D eigenvalue weighted by molar-refractivity contribution is 0.0518. The van der Waals surface area contributed by atoms with Crippen molar-refractivity contribution in [3.8, 4) is 5.75 Å². The minimum atomic E-state index is -3.56. The Bertz CT molecular complexity index is 1090. The third kappa shape index (κ3) is 9.13. The van der Waals surface area contributed by atoms with Crippen molar-refractivity contribution in [2.45, 2.75) is 82.5 Å². The molecule has 0 saturated heterocycles. The molecule has 0 bridgehead atoms. The minimum absolute atomic E-state index is 0.102. The van der Waals surface area contributed by atoms with Gasteiger partial charge in [0.15, 0.2) is 9.84 Å². The van der Waals surface area contributed by atoms with Gasteiger partial charge < -0.3 is 19.9 Å². The molecule has 1 saturated carbocycles. The molecule has 2 aromatic rings. The van der Waals surface area contributed by atoms with Gasteiger partial charge in [-0.3, -0.25) is 0 Å². The SMILES string of the molecule is CC(C)(C)OC(=O)NCCC(O)c1cc(OCc2ccccc2)cc(S(=O)(=O)CC2CCCCC2)c1. The summed E-state index contributed by atoms with van der Waals surface area (Å²) in [5.41, 5.74) is 0.778. The quantitative estimate of drug-likeness (QED) is 0.427. The Morgan fingerprint density at radius 1 is 1.08 bits per heavy atom. The molecule has 0 heterocycles. The number of hydrogen-bond acceptors (Lipinski definition) is 6. The maximum atomic E-state index is 13.3. The van der Waals surface area contributed by atoms with Crippen LogP contribution in [-0.4, -0.2) is 37.5 Å². The number of hydrogen-bond donors (Lipinski definition) is 2. The third-order valence-electron chi connectivity index (χ3n) is 6.16. The molecule has 1 amide bonds. The van der Waals surface area contributed by atoms with Gasteiger partial charge in [0.1, 0.15) is 18.0 Å². The zero-order valence-corrected chi connectivity index (χ0v) is 22.4. The van der Waals surface area contributed by atoms with Crippen LogP contribution in [0.2, 0.25) is 0 Å². The van der Waals surface area contributed by atoms with E-state index in [9.17, 15) is 18.3 Å². The molecule has 0 radical (unpaired) electrons. The van der Waals surface area contributed by atoms with E-state index in [2.05, 4.69) is 5.32 Å². The molecule has 1 atom stereocenters. The molecule has 2 N–H and O–H groups in total. The summed E-state index contributed by atoms with van der Waals surface area (Å²) in [5, 5.41) is 13.5. The molecule has 2 aromatic carbocycles. The molecule has 198 valence electrons. The number of aliphatic hydroxyl groups is 1. The number of carbonyl (C=O) groups is 1. The van der Waals surface area contributed by atoms with Crippen molar-refractivity contribution in [2.24, 2.45) is 5.92 Å². The van der Waals surface area contributed by atoms with Gasteiger partial charge in [0.2, 0.25) is 0 Å². The predicted octanol–water partition coefficient (Wildman–Crippen LogP) is 5.57. The van der Waals surface area contributed by atoms with Gasteiger partial charge in [-0.15, -0.1) is 0 Å². The van der Waals surface area contributed by atoms with Gasteiger partial charge in [-0.1, -0.05) is 49.6 Å². The van der Waals surface area contributed by atoms with Crippen molar-refractivity contribution < 1.29 is 27.8 Å². The molecule has 36 heavy (non-hydrogen) atoms. The molecular formula is C28H39NO6S. The van der Waals surface area contributed by atoms with Crippen molar-refractivity contribution in [3.05, 3.63) is 59.7 Å². The van der Waals surface area contributed by atoms with Gasteiger partial charge in [-0.2, -0.15) is 0 Å². The van der Waals surface area contributed by atoms with Crippen molar-refractivity contribution in [1.82, 2.24) is 5.32 Å². The Kier molecular flexibility index (Phi) is 9.79. The van der Waals surface area contributed by atoms with Crippen LogP contribution in [0.15, 0.2) is 53.4 Å². The molecule has 0 spiro atoms. The predicted molar refractivity (Wildman–Crippen MR) is 140 cm³/mol. The van der Waals surface area contributed by atoms with E-state index >= 15 is 0 Å². The highest BCUT2D eigenvalue weighted by atomic mass is 32.2. The topological polar surface area (TPSA) is 102 Å². The summed E-state index contributed by atoms with van der Waals surface area (Å²) in [4.78, 5) is 12.1. The van der Waals surface area contributed by atoms with Crippen LogP contribution in [0.5, 0.6) is 5.75 Å². The van der Waals surface area contributed by atoms with Gasteiger partial charge in [-0.05, 0) is 75.3 Å². The van der Waals surface area contributed by atoms with Crippen LogP contribution in [-0.2, 0) is 21.2 Å². The summed E-state index contributed by atoms with van der Waals surface area (Å²) in [6.45, 7) is 5.78. The summed E-state index contributed by atoms with van der Waals surface area (Å²) in [5.74, 6) is 0.645. The van der Waals surface area contributed by atoms with Gasteiger partial charge in [0.25, 0.3) is 0 Å². The fraction of sp³-hybridized carbons (Fsp3) is 0.536. The second-order valence-corrected chi connectivity index (χ2v) is 12.6. The summed E-state index contributed by atoms with van der Waals surface area (Å²) in [6, 6.07) is 14.4. The monoisotopic (exact) mass is 517 g/mol. The standard InChI is InChI=1S/C28H39NO6S/c1-28(2,3)35-27(31)29-15-14-26(30)23-16-24(34-19-21-10-6-4-7-11-21)18-25(17-23)36(32,33)20-22-12-8-5-9-13-22/h4,6-7,10-11,16-18,22,26,30H,5,8-9,12-15,19-20H2,1-3H3,(H,29,31). The fourth-order valence-corrected chi connectivity index (χ4v) is 6.10. The van der Waals surface area contributed by atoms with Crippen molar-refractivity contribution in [1.29, 1.82) is 0 Å². The first-order valence-corrected chi connectivity index (χ1v) is 14.4. The number of ether oxygens (including phenoxy) is 2. The van der Waals surface area contributed by atoms with E-state index in [1.54, 1.807) is 32.9 Å². The lowest BCUT2D eigenvalue weighted by atomic mass is 9.91. The lowest BCUT2D eigenvalue weighted by Crippen LogP contribution is -2.33.